The smallest absolute Gasteiger partial charge is 0.270 e. The van der Waals surface area contributed by atoms with Gasteiger partial charge in [-0.15, -0.1) is 10.2 Å². The molecule has 1 saturated carbocycles. The van der Waals surface area contributed by atoms with Crippen LogP contribution < -0.4 is 9.47 Å². The lowest BCUT2D eigenvalue weighted by Gasteiger charge is -2.28. The number of benzene rings is 4. The summed E-state index contributed by atoms with van der Waals surface area (Å²) in [4.78, 5) is 65.2. The van der Waals surface area contributed by atoms with Crippen molar-refractivity contribution in [1.82, 2.24) is 59.6 Å². The molecule has 0 spiro atoms. The molecule has 11 rings (SSSR count). The number of methoxy groups -OCH3 is 2. The van der Waals surface area contributed by atoms with Crippen LogP contribution in [0.1, 0.15) is 94.3 Å². The van der Waals surface area contributed by atoms with Gasteiger partial charge in [0.1, 0.15) is 22.9 Å². The van der Waals surface area contributed by atoms with Crippen molar-refractivity contribution in [1.29, 1.82) is 0 Å². The van der Waals surface area contributed by atoms with Gasteiger partial charge in [0.15, 0.2) is 11.6 Å². The summed E-state index contributed by atoms with van der Waals surface area (Å²) in [5.41, 5.74) is 6.48. The maximum Gasteiger partial charge on any atom is 0.270 e. The molecule has 3 aliphatic rings. The van der Waals surface area contributed by atoms with E-state index in [1.165, 1.54) is 0 Å². The first-order valence-corrected chi connectivity index (χ1v) is 27.9. The second-order valence-electron chi connectivity index (χ2n) is 20.4. The van der Waals surface area contributed by atoms with Crippen molar-refractivity contribution in [2.24, 2.45) is 5.92 Å². The summed E-state index contributed by atoms with van der Waals surface area (Å²) in [7, 11) is 6.69. The van der Waals surface area contributed by atoms with Gasteiger partial charge in [0, 0.05) is 114 Å². The third kappa shape index (κ3) is 12.6. The molecule has 4 amide bonds. The van der Waals surface area contributed by atoms with Crippen molar-refractivity contribution in [3.63, 3.8) is 0 Å². The summed E-state index contributed by atoms with van der Waals surface area (Å²) in [6, 6.07) is 22.2. The van der Waals surface area contributed by atoms with Gasteiger partial charge in [-0.05, 0) is 97.2 Å². The van der Waals surface area contributed by atoms with Crippen LogP contribution in [-0.4, -0.2) is 151 Å². The minimum absolute atomic E-state index is 0. The number of ether oxygens (including phenoxy) is 2. The SMILES string of the molecule is CC.CCN(C)C(=O)c1cc2c(-c3ccccc3OC)cc(C3=CCCN(C(=O)CCn4ccnn4)C3)c(F)c2[nH]1.COc1ccccc1-c1cc(C2=CCCN(C(=O)CCn3ccnn3)C2)c(F)c2[nH]c(C(=O)N(C)CC3CC3)cc12.[HH].[HH]. The number of aryl methyl sites for hydroxylation is 2. The molecule has 2 N–H and O–H groups in total. The number of para-hydroxylation sites is 2. The Morgan fingerprint density at radius 1 is 0.634 bits per heavy atom. The molecule has 0 radical (unpaired) electrons. The molecule has 18 nitrogen and oxygen atoms in total. The summed E-state index contributed by atoms with van der Waals surface area (Å²) in [5.74, 6) is 0.494. The minimum atomic E-state index is -0.454. The molecule has 1 fully saturated rings. The number of carbonyl (C=O) groups excluding carboxylic acids is 4. The van der Waals surface area contributed by atoms with E-state index in [0.29, 0.717) is 109 Å². The zero-order valence-corrected chi connectivity index (χ0v) is 47.5. The Hall–Kier alpha value is -8.94. The van der Waals surface area contributed by atoms with Gasteiger partial charge >= 0.3 is 0 Å². The van der Waals surface area contributed by atoms with Crippen molar-refractivity contribution < 1.29 is 40.3 Å². The molecule has 0 unspecified atom stereocenters. The highest BCUT2D eigenvalue weighted by Crippen LogP contribution is 2.42. The summed E-state index contributed by atoms with van der Waals surface area (Å²) < 4.78 is 47.1. The molecule has 0 atom stereocenters. The topological polar surface area (TPSA) is 193 Å². The first-order chi connectivity index (χ1) is 39.8. The lowest BCUT2D eigenvalue weighted by molar-refractivity contribution is -0.131. The number of carbonyl (C=O) groups is 4. The maximum absolute atomic E-state index is 16.3. The van der Waals surface area contributed by atoms with Crippen LogP contribution in [0.3, 0.4) is 0 Å². The van der Waals surface area contributed by atoms with Gasteiger partial charge in [-0.3, -0.25) is 28.5 Å². The molecule has 0 bridgehead atoms. The van der Waals surface area contributed by atoms with E-state index in [0.717, 1.165) is 46.2 Å². The molecule has 82 heavy (non-hydrogen) atoms. The Kier molecular flexibility index (Phi) is 18.4. The number of nitrogens with one attached hydrogen (secondary N) is 2. The van der Waals surface area contributed by atoms with E-state index >= 15 is 8.78 Å². The summed E-state index contributed by atoms with van der Waals surface area (Å²) >= 11 is 0. The number of aromatic nitrogens is 8. The number of nitrogens with zero attached hydrogens (tertiary/aromatic N) is 10. The van der Waals surface area contributed by atoms with Crippen LogP contribution in [0.4, 0.5) is 8.78 Å². The third-order valence-corrected chi connectivity index (χ3v) is 15.1. The van der Waals surface area contributed by atoms with E-state index in [1.54, 1.807) is 100 Å². The van der Waals surface area contributed by atoms with Crippen LogP contribution in [0.15, 0.2) is 110 Å². The van der Waals surface area contributed by atoms with Crippen molar-refractivity contribution in [3.05, 3.63) is 144 Å². The fourth-order valence-electron chi connectivity index (χ4n) is 10.5. The number of hydrogen-bond acceptors (Lipinski definition) is 10. The molecule has 20 heteroatoms. The Labute approximate surface area is 478 Å². The molecule has 432 valence electrons. The number of H-pyrrole nitrogens is 2. The van der Waals surface area contributed by atoms with Gasteiger partial charge in [-0.2, -0.15) is 0 Å². The molecule has 6 heterocycles. The van der Waals surface area contributed by atoms with Crippen molar-refractivity contribution in [2.75, 3.05) is 67.6 Å². The van der Waals surface area contributed by atoms with Gasteiger partial charge in [-0.1, -0.05) is 72.8 Å². The molecular formula is C62H74F2N12O6. The van der Waals surface area contributed by atoms with Crippen LogP contribution in [0.25, 0.3) is 55.2 Å². The number of halogens is 2. The van der Waals surface area contributed by atoms with E-state index < -0.39 is 11.6 Å². The summed E-state index contributed by atoms with van der Waals surface area (Å²) in [5, 5.41) is 16.6. The second kappa shape index (κ2) is 26.1. The van der Waals surface area contributed by atoms with E-state index in [-0.39, 0.29) is 56.9 Å². The Bertz CT molecular complexity index is 3650. The zero-order chi connectivity index (χ0) is 58.0. The van der Waals surface area contributed by atoms with E-state index in [2.05, 4.69) is 30.6 Å². The molecule has 4 aromatic carbocycles. The lowest BCUT2D eigenvalue weighted by Crippen LogP contribution is -2.36. The van der Waals surface area contributed by atoms with E-state index in [1.807, 2.05) is 87.5 Å². The fraction of sp³-hybridized carbons (Fsp3) is 0.355. The quantitative estimate of drug-likeness (QED) is 0.0886. The predicted molar refractivity (Wildman–Crippen MR) is 316 cm³/mol. The Morgan fingerprint density at radius 2 is 1.07 bits per heavy atom. The van der Waals surface area contributed by atoms with Crippen LogP contribution in [0.2, 0.25) is 0 Å². The molecule has 1 aliphatic carbocycles. The van der Waals surface area contributed by atoms with Crippen molar-refractivity contribution in [3.8, 4) is 33.8 Å². The van der Waals surface area contributed by atoms with Crippen LogP contribution in [-0.2, 0) is 22.7 Å². The number of aromatic amines is 2. The molecule has 2 aliphatic heterocycles. The van der Waals surface area contributed by atoms with Gasteiger partial charge in [0.05, 0.1) is 50.7 Å². The van der Waals surface area contributed by atoms with Gasteiger partial charge in [0.25, 0.3) is 11.8 Å². The lowest BCUT2D eigenvalue weighted by atomic mass is 9.93. The first-order valence-electron chi connectivity index (χ1n) is 27.9. The van der Waals surface area contributed by atoms with Crippen LogP contribution in [0, 0.1) is 17.6 Å². The maximum atomic E-state index is 16.3. The van der Waals surface area contributed by atoms with Crippen molar-refractivity contribution in [2.45, 2.75) is 72.4 Å². The number of amides is 4. The number of hydrogen-bond donors (Lipinski definition) is 2. The van der Waals surface area contributed by atoms with Gasteiger partial charge in [-0.25, -0.2) is 8.78 Å². The van der Waals surface area contributed by atoms with Crippen molar-refractivity contribution >= 4 is 56.6 Å². The predicted octanol–water partition coefficient (Wildman–Crippen LogP) is 10.7. The summed E-state index contributed by atoms with van der Waals surface area (Å²) in [6.45, 7) is 9.66. The second-order valence-corrected chi connectivity index (χ2v) is 20.4. The molecular weight excluding hydrogens is 1050 g/mol. The largest absolute Gasteiger partial charge is 0.496 e. The highest BCUT2D eigenvalue weighted by molar-refractivity contribution is 6.07. The average Bonchev–Trinajstić information content (AvgIpc) is 2.58. The minimum Gasteiger partial charge on any atom is -0.496 e. The highest BCUT2D eigenvalue weighted by Gasteiger charge is 2.30. The number of fused-ring (bicyclic) bond motifs is 2. The standard InChI is InChI=1S/C31H33FN6O3.C29H31FN6O3.C2H6.2H2/c1-36(18-20-9-10-20)31(40)26-17-25-24(22-7-3-4-8-27(22)41-2)16-23(29(32)30(25)34-26)21-6-5-13-37(19-21)28(39)11-14-38-15-12-33-35-38;1-4-34(2)29(38)24-17-23-22(20-9-5-6-10-25(20)39-3)16-21(27(30)28(23)32-24)19-8-7-13-35(18-19)26(37)11-14-36-15-12-31-33-36;1-2;;/h3-4,6-8,12,15-17,20,34H,5,9-11,13-14,18-19H2,1-2H3;5-6,8-10,12,15-17,32H,4,7,11,13-14,18H2,1-3H3;1-2H3;2*1H. The van der Waals surface area contributed by atoms with Gasteiger partial charge in [0.2, 0.25) is 11.8 Å². The molecule has 4 aromatic heterocycles. The van der Waals surface area contributed by atoms with Gasteiger partial charge < -0.3 is 39.0 Å². The Balaban J connectivity index is 0.000000229. The zero-order valence-electron chi connectivity index (χ0n) is 47.5. The van der Waals surface area contributed by atoms with Crippen LogP contribution in [0.5, 0.6) is 11.5 Å². The normalized spacial score (nSPS) is 14.1. The highest BCUT2D eigenvalue weighted by atomic mass is 19.1. The van der Waals surface area contributed by atoms with Crippen LogP contribution >= 0.6 is 0 Å². The fourth-order valence-corrected chi connectivity index (χ4v) is 10.5. The van der Waals surface area contributed by atoms with E-state index in [4.69, 9.17) is 9.47 Å². The summed E-state index contributed by atoms with van der Waals surface area (Å²) in [6.07, 6.45) is 14.6. The monoisotopic (exact) mass is 1120 g/mol. The average molecular weight is 1120 g/mol. The third-order valence-electron chi connectivity index (χ3n) is 15.1. The molecule has 0 saturated heterocycles. The molecule has 8 aromatic rings. The first kappa shape index (κ1) is 57.7. The number of rotatable bonds is 17. The van der Waals surface area contributed by atoms with E-state index in [9.17, 15) is 19.2 Å². The Morgan fingerprint density at radius 3 is 1.48 bits per heavy atom.